The smallest absolute Gasteiger partial charge is 0.295 e. The van der Waals surface area contributed by atoms with Gasteiger partial charge in [0.1, 0.15) is 50.6 Å². The maximum Gasteiger partial charge on any atom is 0.295 e. The number of phenolic OH excluding ortho intramolecular Hbond substituents is 4. The summed E-state index contributed by atoms with van der Waals surface area (Å²) in [7, 11) is -4.54. The van der Waals surface area contributed by atoms with E-state index >= 15 is 0 Å². The standard InChI is InChI=1S/C22H16N4O2.C20H14N2O5S.Cr/c27-20-13-11-17(24-23-16-7-2-1-3-8-16)14-19(20)25-26-22-18-9-5-4-6-15(18)10-12-21(22)28;23-16-10-9-12-5-1-2-6-13(12)19(16)21-22-20-15-8-4-3-7-14(15)18(11-17(20)24)28(25,26)27;/h1-14,27-28H;1-11,23-24H,(H,25,26,27);. The SMILES string of the molecule is O=S(=O)(O)c1cc(O)c(N=Nc2c(O)ccc3ccccc23)c2ccccc12.Oc1ccc(N=Nc2ccccc2)cc1N=Nc1c(O)ccc2ccccc12.[Cr]. The summed E-state index contributed by atoms with van der Waals surface area (Å²) in [6.07, 6.45) is 0. The summed E-state index contributed by atoms with van der Waals surface area (Å²) in [5, 5.41) is 69.3. The van der Waals surface area contributed by atoms with Crippen molar-refractivity contribution in [3.05, 3.63) is 152 Å². The molecular formula is C42H30CrN6O7S. The molecule has 8 aromatic rings. The Morgan fingerprint density at radius 2 is 0.842 bits per heavy atom. The van der Waals surface area contributed by atoms with Crippen LogP contribution in [0.4, 0.5) is 34.1 Å². The van der Waals surface area contributed by atoms with E-state index < -0.39 is 20.8 Å². The van der Waals surface area contributed by atoms with Crippen LogP contribution in [0.1, 0.15) is 0 Å². The third-order valence-electron chi connectivity index (χ3n) is 8.50. The first-order valence-electron chi connectivity index (χ1n) is 16.8. The second-order valence-corrected chi connectivity index (χ2v) is 13.6. The van der Waals surface area contributed by atoms with Gasteiger partial charge in [0.05, 0.1) is 11.4 Å². The molecule has 15 heteroatoms. The van der Waals surface area contributed by atoms with E-state index in [2.05, 4.69) is 30.7 Å². The monoisotopic (exact) mass is 814 g/mol. The van der Waals surface area contributed by atoms with Crippen molar-refractivity contribution in [2.75, 3.05) is 0 Å². The van der Waals surface area contributed by atoms with Gasteiger partial charge in [0.2, 0.25) is 0 Å². The van der Waals surface area contributed by atoms with Gasteiger partial charge in [-0.1, -0.05) is 103 Å². The minimum absolute atomic E-state index is 0. The van der Waals surface area contributed by atoms with E-state index in [0.29, 0.717) is 22.1 Å². The summed E-state index contributed by atoms with van der Waals surface area (Å²) in [5.41, 5.74) is 2.07. The van der Waals surface area contributed by atoms with Crippen LogP contribution in [-0.2, 0) is 27.5 Å². The topological polar surface area (TPSA) is 209 Å². The summed E-state index contributed by atoms with van der Waals surface area (Å²) >= 11 is 0. The molecule has 0 aliphatic heterocycles. The number of azo groups is 3. The average molecular weight is 815 g/mol. The number of fused-ring (bicyclic) bond motifs is 3. The number of rotatable bonds is 7. The van der Waals surface area contributed by atoms with Crippen LogP contribution in [0.5, 0.6) is 23.0 Å². The van der Waals surface area contributed by atoms with Crippen LogP contribution in [0.2, 0.25) is 0 Å². The van der Waals surface area contributed by atoms with Gasteiger partial charge in [-0.25, -0.2) is 0 Å². The molecule has 0 heterocycles. The molecule has 13 nitrogen and oxygen atoms in total. The normalized spacial score (nSPS) is 11.7. The maximum atomic E-state index is 11.6. The Kier molecular flexibility index (Phi) is 12.0. The Morgan fingerprint density at radius 3 is 1.42 bits per heavy atom. The fraction of sp³-hybridized carbons (Fsp3) is 0. The minimum Gasteiger partial charge on any atom is -0.506 e. The van der Waals surface area contributed by atoms with Crippen molar-refractivity contribution < 1.29 is 50.8 Å². The van der Waals surface area contributed by atoms with Gasteiger partial charge in [-0.2, -0.15) is 18.6 Å². The first kappa shape index (κ1) is 39.7. The molecule has 0 aliphatic carbocycles. The number of nitrogens with zero attached hydrogens (tertiary/aromatic N) is 6. The van der Waals surface area contributed by atoms with Crippen molar-refractivity contribution in [1.82, 2.24) is 0 Å². The first-order valence-corrected chi connectivity index (χ1v) is 18.3. The largest absolute Gasteiger partial charge is 0.506 e. The second kappa shape index (κ2) is 17.2. The number of phenols is 4. The van der Waals surface area contributed by atoms with Gasteiger partial charge in [-0.15, -0.1) is 20.5 Å². The van der Waals surface area contributed by atoms with Gasteiger partial charge in [-0.05, 0) is 53.2 Å². The van der Waals surface area contributed by atoms with Gasteiger partial charge in [0.15, 0.2) is 0 Å². The average Bonchev–Trinajstić information content (AvgIpc) is 3.21. The molecule has 8 aromatic carbocycles. The van der Waals surface area contributed by atoms with Gasteiger partial charge < -0.3 is 20.4 Å². The third kappa shape index (κ3) is 8.94. The van der Waals surface area contributed by atoms with Crippen LogP contribution in [0.3, 0.4) is 0 Å². The predicted molar refractivity (Wildman–Crippen MR) is 214 cm³/mol. The van der Waals surface area contributed by atoms with E-state index in [1.807, 2.05) is 72.8 Å². The molecule has 0 bridgehead atoms. The van der Waals surface area contributed by atoms with Crippen molar-refractivity contribution in [1.29, 1.82) is 0 Å². The molecule has 0 aromatic heterocycles. The molecular weight excluding hydrogens is 785 g/mol. The van der Waals surface area contributed by atoms with Crippen molar-refractivity contribution in [2.45, 2.75) is 4.90 Å². The number of benzene rings is 8. The summed E-state index contributed by atoms with van der Waals surface area (Å²) in [4.78, 5) is -0.424. The summed E-state index contributed by atoms with van der Waals surface area (Å²) in [5.74, 6) is -0.570. The molecule has 57 heavy (non-hydrogen) atoms. The van der Waals surface area contributed by atoms with Gasteiger partial charge in [-0.3, -0.25) is 4.55 Å². The predicted octanol–water partition coefficient (Wildman–Crippen LogP) is 12.1. The number of hydrogen-bond acceptors (Lipinski definition) is 12. The quantitative estimate of drug-likeness (QED) is 0.0775. The van der Waals surface area contributed by atoms with E-state index in [0.717, 1.165) is 27.9 Å². The van der Waals surface area contributed by atoms with Crippen LogP contribution in [0, 0.1) is 0 Å². The van der Waals surface area contributed by atoms with E-state index in [1.54, 1.807) is 54.6 Å². The van der Waals surface area contributed by atoms with E-state index in [1.165, 1.54) is 18.2 Å². The van der Waals surface area contributed by atoms with Crippen LogP contribution >= 0.6 is 0 Å². The molecule has 0 fully saturated rings. The van der Waals surface area contributed by atoms with Crippen molar-refractivity contribution in [2.24, 2.45) is 30.7 Å². The molecule has 282 valence electrons. The van der Waals surface area contributed by atoms with Crippen LogP contribution in [-0.4, -0.2) is 33.4 Å². The first-order chi connectivity index (χ1) is 27.1. The second-order valence-electron chi connectivity index (χ2n) is 12.2. The van der Waals surface area contributed by atoms with Crippen LogP contribution < -0.4 is 0 Å². The zero-order valence-electron chi connectivity index (χ0n) is 29.5. The van der Waals surface area contributed by atoms with Crippen molar-refractivity contribution in [3.63, 3.8) is 0 Å². The van der Waals surface area contributed by atoms with Crippen molar-refractivity contribution >= 4 is 76.6 Å². The molecule has 0 saturated carbocycles. The molecule has 0 atom stereocenters. The Labute approximate surface area is 336 Å². The van der Waals surface area contributed by atoms with Gasteiger partial charge in [0.25, 0.3) is 10.1 Å². The fourth-order valence-corrected chi connectivity index (χ4v) is 6.51. The summed E-state index contributed by atoms with van der Waals surface area (Å²) in [6, 6.07) is 42.7. The molecule has 0 amide bonds. The van der Waals surface area contributed by atoms with Gasteiger partial charge in [0, 0.05) is 45.0 Å². The Bertz CT molecular complexity index is 2960. The van der Waals surface area contributed by atoms with Crippen LogP contribution in [0.25, 0.3) is 32.3 Å². The molecule has 0 aliphatic rings. The zero-order chi connectivity index (χ0) is 39.2. The Balaban J connectivity index is 0.000000189. The molecule has 0 spiro atoms. The summed E-state index contributed by atoms with van der Waals surface area (Å²) in [6.45, 7) is 0. The van der Waals surface area contributed by atoms with E-state index in [4.69, 9.17) is 0 Å². The molecule has 0 saturated heterocycles. The number of hydrogen-bond donors (Lipinski definition) is 5. The number of aromatic hydroxyl groups is 4. The van der Waals surface area contributed by atoms with Gasteiger partial charge >= 0.3 is 0 Å². The Hall–Kier alpha value is -7.02. The maximum absolute atomic E-state index is 11.6. The summed E-state index contributed by atoms with van der Waals surface area (Å²) < 4.78 is 32.7. The minimum atomic E-state index is -4.54. The van der Waals surface area contributed by atoms with Crippen molar-refractivity contribution in [3.8, 4) is 23.0 Å². The zero-order valence-corrected chi connectivity index (χ0v) is 31.6. The molecule has 0 unspecified atom stereocenters. The molecule has 0 radical (unpaired) electrons. The molecule has 8 rings (SSSR count). The fourth-order valence-electron chi connectivity index (χ4n) is 5.80. The van der Waals surface area contributed by atoms with Crippen LogP contribution in [0.15, 0.2) is 187 Å². The van der Waals surface area contributed by atoms with E-state index in [-0.39, 0.29) is 57.1 Å². The molecule has 5 N–H and O–H groups in total. The third-order valence-corrected chi connectivity index (χ3v) is 9.39. The van der Waals surface area contributed by atoms with E-state index in [9.17, 15) is 33.4 Å². The Morgan fingerprint density at radius 1 is 0.386 bits per heavy atom.